The summed E-state index contributed by atoms with van der Waals surface area (Å²) in [5.41, 5.74) is 10.7. The zero-order valence-electron chi connectivity index (χ0n) is 11.1. The van der Waals surface area contributed by atoms with E-state index in [2.05, 4.69) is 0 Å². The molecule has 0 aliphatic carbocycles. The molecule has 0 spiro atoms. The summed E-state index contributed by atoms with van der Waals surface area (Å²) in [6.07, 6.45) is 0. The first-order valence-corrected chi connectivity index (χ1v) is 8.78. The van der Waals surface area contributed by atoms with Gasteiger partial charge in [-0.3, -0.25) is 19.2 Å². The quantitative estimate of drug-likeness (QED) is 0.446. The summed E-state index contributed by atoms with van der Waals surface area (Å²) in [7, 11) is -1.91. The van der Waals surface area contributed by atoms with E-state index in [1.807, 2.05) is 0 Å². The van der Waals surface area contributed by atoms with E-state index in [9.17, 15) is 19.2 Å². The Balaban J connectivity index is 5.24. The van der Waals surface area contributed by atoms with Gasteiger partial charge in [0.25, 0.3) is 0 Å². The normalized spacial score (nSPS) is 15.2. The molecule has 0 rings (SSSR count). The predicted octanol–water partition coefficient (Wildman–Crippen LogP) is -0.644. The molecule has 2 atom stereocenters. The van der Waals surface area contributed by atoms with Gasteiger partial charge in [-0.25, -0.2) is 0 Å². The summed E-state index contributed by atoms with van der Waals surface area (Å²) in [5.74, 6) is -3.09. The highest BCUT2D eigenvalue weighted by molar-refractivity contribution is 9.05. The fourth-order valence-electron chi connectivity index (χ4n) is 1.24. The summed E-state index contributed by atoms with van der Waals surface area (Å²) in [5, 5.41) is 16.5. The molecule has 0 radical (unpaired) electrons. The van der Waals surface area contributed by atoms with Crippen molar-refractivity contribution in [2.75, 3.05) is 11.5 Å². The van der Waals surface area contributed by atoms with Crippen LogP contribution in [0.2, 0.25) is 0 Å². The number of carboxylic acid groups (broad SMARTS) is 2. The van der Waals surface area contributed by atoms with Gasteiger partial charge in [0.15, 0.2) is 10.2 Å². The smallest absolute Gasteiger partial charge is 0.321 e. The molecule has 0 aliphatic heterocycles. The second-order valence-electron chi connectivity index (χ2n) is 4.00. The number of carbonyl (C=O) groups excluding carboxylic acids is 2. The first-order chi connectivity index (χ1) is 9.04. The maximum Gasteiger partial charge on any atom is 0.321 e. The highest BCUT2D eigenvalue weighted by atomic mass is 33.2. The lowest BCUT2D eigenvalue weighted by molar-refractivity contribution is -0.138. The van der Waals surface area contributed by atoms with E-state index in [1.165, 1.54) is 13.8 Å². The number of carboxylic acids is 2. The molecule has 0 amide bonds. The Morgan fingerprint density at radius 2 is 1.40 bits per heavy atom. The van der Waals surface area contributed by atoms with Crippen LogP contribution in [0, 0.1) is 0 Å². The molecule has 0 aliphatic rings. The monoisotopic (exact) mass is 326 g/mol. The second kappa shape index (κ2) is 7.62. The van der Waals surface area contributed by atoms with E-state index in [4.69, 9.17) is 21.7 Å². The molecule has 0 unspecified atom stereocenters. The van der Waals surface area contributed by atoms with Crippen molar-refractivity contribution in [1.29, 1.82) is 0 Å². The minimum atomic E-state index is -2.71. The van der Waals surface area contributed by atoms with Gasteiger partial charge in [0.2, 0.25) is 0 Å². The molecule has 0 aromatic heterocycles. The van der Waals surface area contributed by atoms with Gasteiger partial charge in [0, 0.05) is 25.4 Å². The van der Waals surface area contributed by atoms with Crippen LogP contribution in [0.3, 0.4) is 0 Å². The molecule has 20 heavy (non-hydrogen) atoms. The van der Waals surface area contributed by atoms with Crippen LogP contribution in [0.4, 0.5) is 0 Å². The maximum absolute atomic E-state index is 11.8. The van der Waals surface area contributed by atoms with Crippen molar-refractivity contribution >= 4 is 42.0 Å². The zero-order chi connectivity index (χ0) is 16.1. The van der Waals surface area contributed by atoms with Crippen LogP contribution in [0.15, 0.2) is 0 Å². The molecule has 10 heteroatoms. The first kappa shape index (κ1) is 18.9. The van der Waals surface area contributed by atoms with E-state index in [0.717, 1.165) is 10.8 Å². The van der Waals surface area contributed by atoms with Gasteiger partial charge in [-0.05, 0) is 0 Å². The van der Waals surface area contributed by atoms with E-state index in [1.54, 1.807) is 0 Å². The Kier molecular flexibility index (Phi) is 7.20. The number of rotatable bonds is 7. The molecule has 0 saturated carbocycles. The Labute approximate surface area is 121 Å². The van der Waals surface area contributed by atoms with Gasteiger partial charge in [-0.1, -0.05) is 19.9 Å². The van der Waals surface area contributed by atoms with Crippen LogP contribution in [0.1, 0.15) is 13.8 Å². The molecule has 0 saturated heterocycles. The van der Waals surface area contributed by atoms with Crippen LogP contribution in [-0.2, 0) is 19.2 Å². The van der Waals surface area contributed by atoms with Crippen molar-refractivity contribution in [2.45, 2.75) is 25.9 Å². The summed E-state index contributed by atoms with van der Waals surface area (Å²) in [6.45, 7) is 2.34. The lowest BCUT2D eigenvalue weighted by atomic mass is 10.4. The third-order valence-electron chi connectivity index (χ3n) is 2.43. The van der Waals surface area contributed by atoms with E-state index in [-0.39, 0.29) is 11.5 Å². The third kappa shape index (κ3) is 4.78. The molecule has 0 aromatic carbocycles. The maximum atomic E-state index is 11.8. The fraction of sp³-hybridized carbons (Fsp3) is 0.600. The first-order valence-electron chi connectivity index (χ1n) is 5.48. The molecule has 116 valence electrons. The number of aliphatic carboxylic acids is 2. The van der Waals surface area contributed by atoms with Gasteiger partial charge < -0.3 is 21.7 Å². The van der Waals surface area contributed by atoms with E-state index < -0.39 is 43.3 Å². The van der Waals surface area contributed by atoms with Gasteiger partial charge >= 0.3 is 11.9 Å². The standard InChI is InChI=1S/C10H18N2O6S2/c1-5(13)20(6(2)14,4-8(12)10(17)18)19-3-7(11)9(15)16/h7-8H,3-4,11-12H2,1-2H3,(H,15,16)(H,17,18)/t7-,8-/m0/s1. The number of hydrogen-bond donors (Lipinski definition) is 4. The van der Waals surface area contributed by atoms with Crippen LogP contribution in [0.25, 0.3) is 0 Å². The van der Waals surface area contributed by atoms with Crippen LogP contribution in [-0.4, -0.2) is 56.0 Å². The summed E-state index contributed by atoms with van der Waals surface area (Å²) in [6, 6.07) is -2.61. The van der Waals surface area contributed by atoms with E-state index >= 15 is 0 Å². The topological polar surface area (TPSA) is 161 Å². The van der Waals surface area contributed by atoms with E-state index in [0.29, 0.717) is 0 Å². The molecule has 8 nitrogen and oxygen atoms in total. The molecule has 0 fully saturated rings. The predicted molar refractivity (Wildman–Crippen MR) is 77.5 cm³/mol. The summed E-state index contributed by atoms with van der Waals surface area (Å²) in [4.78, 5) is 45.1. The summed E-state index contributed by atoms with van der Waals surface area (Å²) >= 11 is 0. The SMILES string of the molecule is CC(=O)S(C[C@H](N)C(=O)O)(SC[C@H](N)C(=O)O)C(C)=O. The Morgan fingerprint density at radius 3 is 1.70 bits per heavy atom. The minimum Gasteiger partial charge on any atom is -0.480 e. The lowest BCUT2D eigenvalue weighted by Gasteiger charge is -2.35. The highest BCUT2D eigenvalue weighted by Crippen LogP contribution is 2.61. The molecule has 0 heterocycles. The van der Waals surface area contributed by atoms with Crippen molar-refractivity contribution in [1.82, 2.24) is 0 Å². The Bertz CT molecular complexity index is 414. The van der Waals surface area contributed by atoms with Crippen LogP contribution >= 0.6 is 19.9 Å². The molecular weight excluding hydrogens is 308 g/mol. The Morgan fingerprint density at radius 1 is 1.00 bits per heavy atom. The van der Waals surface area contributed by atoms with Crippen molar-refractivity contribution in [3.63, 3.8) is 0 Å². The number of carbonyl (C=O) groups is 4. The highest BCUT2D eigenvalue weighted by Gasteiger charge is 2.39. The third-order valence-corrected chi connectivity index (χ3v) is 9.44. The number of hydrogen-bond acceptors (Lipinski definition) is 7. The molecule has 6 N–H and O–H groups in total. The lowest BCUT2D eigenvalue weighted by Crippen LogP contribution is -2.39. The van der Waals surface area contributed by atoms with Crippen LogP contribution < -0.4 is 11.5 Å². The minimum absolute atomic E-state index is 0.170. The summed E-state index contributed by atoms with van der Waals surface area (Å²) < 4.78 is 0. The second-order valence-corrected chi connectivity index (χ2v) is 9.82. The van der Waals surface area contributed by atoms with Crippen molar-refractivity contribution in [3.8, 4) is 0 Å². The Hall–Kier alpha value is -1.10. The van der Waals surface area contributed by atoms with Crippen molar-refractivity contribution in [2.24, 2.45) is 11.5 Å². The van der Waals surface area contributed by atoms with Gasteiger partial charge in [0.1, 0.15) is 12.1 Å². The van der Waals surface area contributed by atoms with Crippen LogP contribution in [0.5, 0.6) is 0 Å². The van der Waals surface area contributed by atoms with Gasteiger partial charge in [0.05, 0.1) is 0 Å². The average molecular weight is 326 g/mol. The van der Waals surface area contributed by atoms with Crippen molar-refractivity contribution in [3.05, 3.63) is 0 Å². The average Bonchev–Trinajstić information content (AvgIpc) is 2.32. The number of nitrogens with two attached hydrogens (primary N) is 2. The van der Waals surface area contributed by atoms with Crippen molar-refractivity contribution < 1.29 is 29.4 Å². The van der Waals surface area contributed by atoms with Gasteiger partial charge in [-0.2, -0.15) is 0 Å². The van der Waals surface area contributed by atoms with Gasteiger partial charge in [-0.15, -0.1) is 0 Å². The fourth-order valence-corrected chi connectivity index (χ4v) is 6.57. The molecule has 0 aromatic rings. The molecule has 0 bridgehead atoms. The molecular formula is C10H18N2O6S2. The largest absolute Gasteiger partial charge is 0.480 e. The zero-order valence-corrected chi connectivity index (χ0v) is 12.7.